The van der Waals surface area contributed by atoms with Crippen molar-refractivity contribution in [2.45, 2.75) is 76.7 Å². The van der Waals surface area contributed by atoms with Gasteiger partial charge in [0.15, 0.2) is 0 Å². The summed E-state index contributed by atoms with van der Waals surface area (Å²) in [4.78, 5) is 54.0. The minimum Gasteiger partial charge on any atom is -0.444 e. The van der Waals surface area contributed by atoms with Crippen LogP contribution in [0.2, 0.25) is 0 Å². The van der Waals surface area contributed by atoms with E-state index >= 15 is 0 Å². The second-order valence-electron chi connectivity index (χ2n) is 13.7. The van der Waals surface area contributed by atoms with Gasteiger partial charge in [-0.2, -0.15) is 0 Å². The lowest BCUT2D eigenvalue weighted by Crippen LogP contribution is -2.57. The van der Waals surface area contributed by atoms with E-state index in [0.29, 0.717) is 71.0 Å². The molecule has 14 heteroatoms. The highest BCUT2D eigenvalue weighted by Gasteiger charge is 2.29. The van der Waals surface area contributed by atoms with Crippen LogP contribution in [0.15, 0.2) is 77.8 Å². The number of benzene rings is 2. The zero-order chi connectivity index (χ0) is 37.4. The Hall–Kier alpha value is -4.37. The van der Waals surface area contributed by atoms with Crippen molar-refractivity contribution in [1.29, 1.82) is 0 Å². The molecule has 4 amide bonds. The number of morpholine rings is 1. The molecule has 3 heterocycles. The molecule has 0 spiro atoms. The van der Waals surface area contributed by atoms with Crippen LogP contribution in [0.5, 0.6) is 0 Å². The van der Waals surface area contributed by atoms with Crippen LogP contribution in [-0.2, 0) is 40.3 Å². The maximum absolute atomic E-state index is 14.2. The normalized spacial score (nSPS) is 14.9. The summed E-state index contributed by atoms with van der Waals surface area (Å²) in [5, 5.41) is 12.4. The molecule has 53 heavy (non-hydrogen) atoms. The van der Waals surface area contributed by atoms with Gasteiger partial charge in [-0.25, -0.2) is 14.6 Å². The van der Waals surface area contributed by atoms with Crippen LogP contribution in [-0.4, -0.2) is 95.8 Å². The van der Waals surface area contributed by atoms with Crippen molar-refractivity contribution in [3.05, 3.63) is 104 Å². The molecule has 284 valence electrons. The van der Waals surface area contributed by atoms with E-state index < -0.39 is 12.1 Å². The number of carbonyl (C=O) groups is 3. The first-order chi connectivity index (χ1) is 25.7. The van der Waals surface area contributed by atoms with E-state index in [4.69, 9.17) is 9.47 Å². The SMILES string of the molecule is CC(C)c1nc(CN(C)C(=O)NC(CN2CCOCC2)C(=O)N[C@H](CC[C@H](Cc2ccccc2)NC(=O)OCc2cncs2)Cc2ccccc2)cs1. The van der Waals surface area contributed by atoms with Gasteiger partial charge in [0.2, 0.25) is 5.91 Å². The summed E-state index contributed by atoms with van der Waals surface area (Å²) in [6.07, 6.45) is 3.53. The number of carbonyl (C=O) groups excluding carboxylic acids is 3. The van der Waals surface area contributed by atoms with Crippen LogP contribution < -0.4 is 16.0 Å². The number of thiazole rings is 2. The maximum Gasteiger partial charge on any atom is 0.407 e. The van der Waals surface area contributed by atoms with E-state index in [1.807, 2.05) is 66.0 Å². The van der Waals surface area contributed by atoms with Gasteiger partial charge in [-0.05, 0) is 36.8 Å². The van der Waals surface area contributed by atoms with E-state index in [9.17, 15) is 14.4 Å². The number of ether oxygens (including phenoxy) is 2. The van der Waals surface area contributed by atoms with Gasteiger partial charge in [0.05, 0.1) is 40.8 Å². The fourth-order valence-electron chi connectivity index (χ4n) is 6.08. The fraction of sp³-hybridized carbons (Fsp3) is 0.462. The molecule has 4 aromatic rings. The minimum atomic E-state index is -0.803. The number of aromatic nitrogens is 2. The van der Waals surface area contributed by atoms with Gasteiger partial charge in [-0.1, -0.05) is 74.5 Å². The number of hydrogen-bond acceptors (Lipinski definition) is 10. The summed E-state index contributed by atoms with van der Waals surface area (Å²) in [5.74, 6) is 0.0529. The van der Waals surface area contributed by atoms with Crippen LogP contribution in [0.1, 0.15) is 59.3 Å². The van der Waals surface area contributed by atoms with Crippen molar-refractivity contribution in [3.63, 3.8) is 0 Å². The zero-order valence-corrected chi connectivity index (χ0v) is 32.4. The van der Waals surface area contributed by atoms with Gasteiger partial charge in [0.1, 0.15) is 12.6 Å². The van der Waals surface area contributed by atoms with Gasteiger partial charge >= 0.3 is 12.1 Å². The highest BCUT2D eigenvalue weighted by atomic mass is 32.1. The van der Waals surface area contributed by atoms with Gasteiger partial charge in [-0.3, -0.25) is 14.7 Å². The Labute approximate surface area is 320 Å². The smallest absolute Gasteiger partial charge is 0.407 e. The van der Waals surface area contributed by atoms with E-state index in [1.165, 1.54) is 11.3 Å². The highest BCUT2D eigenvalue weighted by Crippen LogP contribution is 2.20. The molecule has 0 saturated carbocycles. The van der Waals surface area contributed by atoms with Gasteiger partial charge in [-0.15, -0.1) is 22.7 Å². The number of urea groups is 1. The third-order valence-electron chi connectivity index (χ3n) is 8.98. The topological polar surface area (TPSA) is 138 Å². The van der Waals surface area contributed by atoms with Crippen molar-refractivity contribution >= 4 is 40.7 Å². The second kappa shape index (κ2) is 20.8. The Morgan fingerprint density at radius 1 is 0.906 bits per heavy atom. The van der Waals surface area contributed by atoms with Crippen LogP contribution in [0.4, 0.5) is 9.59 Å². The van der Waals surface area contributed by atoms with Crippen molar-refractivity contribution in [1.82, 2.24) is 35.7 Å². The first-order valence-corrected chi connectivity index (χ1v) is 19.9. The number of rotatable bonds is 18. The monoisotopic (exact) mass is 761 g/mol. The molecule has 3 N–H and O–H groups in total. The molecule has 1 unspecified atom stereocenters. The summed E-state index contributed by atoms with van der Waals surface area (Å²) in [5.41, 5.74) is 4.68. The molecule has 2 aromatic carbocycles. The molecule has 0 bridgehead atoms. The summed E-state index contributed by atoms with van der Waals surface area (Å²) in [6.45, 7) is 7.52. The predicted molar refractivity (Wildman–Crippen MR) is 208 cm³/mol. The molecule has 0 aliphatic carbocycles. The number of amides is 4. The van der Waals surface area contributed by atoms with Crippen molar-refractivity contribution in [3.8, 4) is 0 Å². The van der Waals surface area contributed by atoms with Gasteiger partial charge in [0, 0.05) is 56.3 Å². The largest absolute Gasteiger partial charge is 0.444 e. The zero-order valence-electron chi connectivity index (χ0n) is 30.7. The van der Waals surface area contributed by atoms with Crippen molar-refractivity contribution < 1.29 is 23.9 Å². The molecule has 1 aliphatic rings. The fourth-order valence-corrected chi connectivity index (χ4v) is 7.41. The second-order valence-corrected chi connectivity index (χ2v) is 15.5. The lowest BCUT2D eigenvalue weighted by molar-refractivity contribution is -0.124. The summed E-state index contributed by atoms with van der Waals surface area (Å²) in [7, 11) is 1.72. The average molecular weight is 762 g/mol. The highest BCUT2D eigenvalue weighted by molar-refractivity contribution is 7.09. The molecule has 1 fully saturated rings. The van der Waals surface area contributed by atoms with E-state index in [1.54, 1.807) is 35.0 Å². The Balaban J connectivity index is 1.28. The van der Waals surface area contributed by atoms with E-state index in [-0.39, 0.29) is 30.6 Å². The van der Waals surface area contributed by atoms with Crippen molar-refractivity contribution in [2.75, 3.05) is 39.9 Å². The first kappa shape index (κ1) is 39.8. The molecular formula is C39H51N7O5S2. The average Bonchev–Trinajstić information content (AvgIpc) is 3.87. The standard InChI is InChI=1S/C39H51N7O5S2/c1-28(2)37-42-33(26-52-37)23-45(3)38(48)44-35(24-46-16-18-50-19-17-46)36(47)41-31(20-29-10-6-4-7-11-29)14-15-32(21-30-12-8-5-9-13-30)43-39(49)51-25-34-22-40-27-53-34/h4-13,22,26-28,31-32,35H,14-21,23-25H2,1-3H3,(H,41,47)(H,43,49)(H,44,48)/t31-,32-,35?/m1/s1. The first-order valence-electron chi connectivity index (χ1n) is 18.2. The van der Waals surface area contributed by atoms with Crippen LogP contribution in [0.3, 0.4) is 0 Å². The Morgan fingerprint density at radius 2 is 1.55 bits per heavy atom. The van der Waals surface area contributed by atoms with Crippen LogP contribution >= 0.6 is 22.7 Å². The molecule has 3 atom stereocenters. The minimum absolute atomic E-state index is 0.148. The summed E-state index contributed by atoms with van der Waals surface area (Å²) in [6, 6.07) is 18.3. The number of hydrogen-bond donors (Lipinski definition) is 3. The molecule has 1 aliphatic heterocycles. The third-order valence-corrected chi connectivity index (χ3v) is 10.9. The number of alkyl carbamates (subject to hydrolysis) is 1. The van der Waals surface area contributed by atoms with Gasteiger partial charge in [0.25, 0.3) is 0 Å². The van der Waals surface area contributed by atoms with Crippen LogP contribution in [0.25, 0.3) is 0 Å². The third kappa shape index (κ3) is 13.5. The van der Waals surface area contributed by atoms with Crippen LogP contribution in [0, 0.1) is 0 Å². The Kier molecular flexibility index (Phi) is 15.6. The Bertz CT molecular complexity index is 1680. The lowest BCUT2D eigenvalue weighted by Gasteiger charge is -2.32. The van der Waals surface area contributed by atoms with Gasteiger partial charge < -0.3 is 30.3 Å². The number of nitrogens with zero attached hydrogens (tertiary/aromatic N) is 4. The van der Waals surface area contributed by atoms with E-state index in [2.05, 4.69) is 44.7 Å². The molecular weight excluding hydrogens is 711 g/mol. The van der Waals surface area contributed by atoms with Crippen molar-refractivity contribution in [2.24, 2.45) is 0 Å². The summed E-state index contributed by atoms with van der Waals surface area (Å²) < 4.78 is 11.1. The quantitative estimate of drug-likeness (QED) is 0.119. The predicted octanol–water partition coefficient (Wildman–Crippen LogP) is 5.61. The maximum atomic E-state index is 14.2. The molecule has 12 nitrogen and oxygen atoms in total. The number of nitrogens with one attached hydrogen (secondary N) is 3. The molecule has 1 saturated heterocycles. The molecule has 5 rings (SSSR count). The molecule has 0 radical (unpaired) electrons. The summed E-state index contributed by atoms with van der Waals surface area (Å²) >= 11 is 3.02. The molecule has 2 aromatic heterocycles. The lowest BCUT2D eigenvalue weighted by atomic mass is 9.95. The van der Waals surface area contributed by atoms with E-state index in [0.717, 1.165) is 26.7 Å². The Morgan fingerprint density at radius 3 is 2.13 bits per heavy atom.